The molecule has 2 saturated heterocycles. The zero-order valence-corrected chi connectivity index (χ0v) is 25.1. The molecule has 1 aromatic heterocycles. The largest absolute Gasteiger partial charge is 0.462 e. The molecule has 0 saturated carbocycles. The van der Waals surface area contributed by atoms with Crippen molar-refractivity contribution in [2.24, 2.45) is 0 Å². The van der Waals surface area contributed by atoms with Crippen molar-refractivity contribution in [3.05, 3.63) is 65.1 Å². The summed E-state index contributed by atoms with van der Waals surface area (Å²) in [6, 6.07) is 12.9. The molecule has 3 aliphatic rings. The highest BCUT2D eigenvalue weighted by atomic mass is 35.5. The second-order valence-corrected chi connectivity index (χ2v) is 11.9. The van der Waals surface area contributed by atoms with Gasteiger partial charge in [-0.2, -0.15) is 9.97 Å². The molecule has 8 nitrogen and oxygen atoms in total. The molecule has 2 fully saturated rings. The van der Waals surface area contributed by atoms with Crippen molar-refractivity contribution in [1.29, 1.82) is 0 Å². The average molecular weight is 593 g/mol. The number of likely N-dealkylation sites (tertiary alicyclic amines) is 1. The van der Waals surface area contributed by atoms with Gasteiger partial charge < -0.3 is 24.3 Å². The third-order valence-corrected chi connectivity index (χ3v) is 9.33. The third-order valence-electron chi connectivity index (χ3n) is 9.02. The second kappa shape index (κ2) is 12.1. The highest BCUT2D eigenvalue weighted by Crippen LogP contribution is 2.37. The van der Waals surface area contributed by atoms with Crippen molar-refractivity contribution in [2.45, 2.75) is 51.2 Å². The van der Waals surface area contributed by atoms with E-state index in [1.807, 2.05) is 19.1 Å². The average Bonchev–Trinajstić information content (AvgIpc) is 3.42. The number of amides is 1. The van der Waals surface area contributed by atoms with Gasteiger partial charge in [0.15, 0.2) is 5.83 Å². The molecule has 0 N–H and O–H groups in total. The molecule has 222 valence electrons. The number of carbonyl (C=O) groups excluding carboxylic acids is 1. The summed E-state index contributed by atoms with van der Waals surface area (Å²) in [6.45, 7) is 9.77. The number of benzene rings is 2. The highest BCUT2D eigenvalue weighted by Gasteiger charge is 2.34. The van der Waals surface area contributed by atoms with E-state index >= 15 is 0 Å². The van der Waals surface area contributed by atoms with Crippen LogP contribution in [0.5, 0.6) is 6.01 Å². The Morgan fingerprint density at radius 3 is 2.64 bits per heavy atom. The number of nitrogens with zero attached hydrogens (tertiary/aromatic N) is 6. The van der Waals surface area contributed by atoms with E-state index in [1.165, 1.54) is 0 Å². The van der Waals surface area contributed by atoms with Crippen LogP contribution in [0.2, 0.25) is 5.02 Å². The van der Waals surface area contributed by atoms with E-state index in [9.17, 15) is 9.18 Å². The Hall–Kier alpha value is -3.43. The van der Waals surface area contributed by atoms with E-state index in [-0.39, 0.29) is 6.04 Å². The first kappa shape index (κ1) is 28.7. The van der Waals surface area contributed by atoms with Gasteiger partial charge in [-0.3, -0.25) is 4.79 Å². The Morgan fingerprint density at radius 2 is 1.90 bits per heavy atom. The summed E-state index contributed by atoms with van der Waals surface area (Å²) in [5.74, 6) is -0.683. The summed E-state index contributed by atoms with van der Waals surface area (Å²) in [5.41, 5.74) is 3.13. The molecule has 0 radical (unpaired) electrons. The summed E-state index contributed by atoms with van der Waals surface area (Å²) < 4.78 is 20.1. The predicted octanol–water partition coefficient (Wildman–Crippen LogP) is 5.23. The molecule has 0 unspecified atom stereocenters. The number of piperazine rings is 1. The SMILES string of the molecule is C=C(F)C(=O)N1CCN(c2nc(OC[C@@H]3CCCN3C)nc3c2CCN(c2cccc4cccc(Cl)c24)C3)C[C@@H]1CC. The summed E-state index contributed by atoms with van der Waals surface area (Å²) in [5, 5.41) is 2.88. The Morgan fingerprint density at radius 1 is 1.10 bits per heavy atom. The Bertz CT molecular complexity index is 1500. The van der Waals surface area contributed by atoms with Crippen LogP contribution in [0, 0.1) is 0 Å². The fourth-order valence-corrected chi connectivity index (χ4v) is 6.92. The van der Waals surface area contributed by atoms with Crippen molar-refractivity contribution >= 4 is 39.8 Å². The molecule has 1 amide bonds. The predicted molar refractivity (Wildman–Crippen MR) is 165 cm³/mol. The molecular weight excluding hydrogens is 555 g/mol. The van der Waals surface area contributed by atoms with Gasteiger partial charge in [0.05, 0.1) is 17.3 Å². The smallest absolute Gasteiger partial charge is 0.318 e. The van der Waals surface area contributed by atoms with Gasteiger partial charge in [0.25, 0.3) is 5.91 Å². The number of fused-ring (bicyclic) bond motifs is 2. The van der Waals surface area contributed by atoms with Gasteiger partial charge >= 0.3 is 6.01 Å². The number of ether oxygens (including phenoxy) is 1. The maximum absolute atomic E-state index is 13.8. The van der Waals surface area contributed by atoms with Gasteiger partial charge in [-0.25, -0.2) is 4.39 Å². The summed E-state index contributed by atoms with van der Waals surface area (Å²) in [4.78, 5) is 30.9. The quantitative estimate of drug-likeness (QED) is 0.348. The zero-order valence-electron chi connectivity index (χ0n) is 24.4. The lowest BCUT2D eigenvalue weighted by Gasteiger charge is -2.42. The highest BCUT2D eigenvalue weighted by molar-refractivity contribution is 6.36. The molecule has 3 aromatic rings. The van der Waals surface area contributed by atoms with Gasteiger partial charge in [-0.15, -0.1) is 0 Å². The summed E-state index contributed by atoms with van der Waals surface area (Å²) in [6.07, 6.45) is 3.72. The summed E-state index contributed by atoms with van der Waals surface area (Å²) in [7, 11) is 2.13. The number of hydrogen-bond acceptors (Lipinski definition) is 7. The van der Waals surface area contributed by atoms with E-state index < -0.39 is 11.7 Å². The fraction of sp³-hybridized carbons (Fsp3) is 0.469. The number of aromatic nitrogens is 2. The Kier molecular flexibility index (Phi) is 8.23. The topological polar surface area (TPSA) is 65.0 Å². The normalized spacial score (nSPS) is 21.1. The maximum Gasteiger partial charge on any atom is 0.318 e. The molecule has 42 heavy (non-hydrogen) atoms. The van der Waals surface area contributed by atoms with Gasteiger partial charge in [-0.05, 0) is 56.8 Å². The number of likely N-dealkylation sites (N-methyl/N-ethyl adjacent to an activating group) is 1. The molecule has 2 aromatic carbocycles. The van der Waals surface area contributed by atoms with Crippen molar-refractivity contribution in [1.82, 2.24) is 19.8 Å². The monoisotopic (exact) mass is 592 g/mol. The lowest BCUT2D eigenvalue weighted by atomic mass is 10.0. The zero-order chi connectivity index (χ0) is 29.4. The second-order valence-electron chi connectivity index (χ2n) is 11.5. The van der Waals surface area contributed by atoms with E-state index in [1.54, 1.807) is 4.90 Å². The van der Waals surface area contributed by atoms with Crippen LogP contribution >= 0.6 is 11.6 Å². The van der Waals surface area contributed by atoms with E-state index in [2.05, 4.69) is 52.6 Å². The number of carbonyl (C=O) groups is 1. The molecule has 3 aliphatic heterocycles. The lowest BCUT2D eigenvalue weighted by molar-refractivity contribution is -0.131. The number of hydrogen-bond donors (Lipinski definition) is 0. The molecule has 0 aliphatic carbocycles. The number of halogens is 2. The third kappa shape index (κ3) is 5.52. The van der Waals surface area contributed by atoms with E-state index in [4.69, 9.17) is 26.3 Å². The lowest BCUT2D eigenvalue weighted by Crippen LogP contribution is -2.55. The first-order valence-electron chi connectivity index (χ1n) is 14.9. The van der Waals surface area contributed by atoms with E-state index in [0.29, 0.717) is 51.3 Å². The standard InChI is InChI=1S/C32H38ClFN6O2/c1-4-23-18-39(16-17-40(23)31(41)21(2)34)30-25-13-15-38(28-12-6-9-22-8-5-11-26(33)29(22)28)19-27(25)35-32(36-30)42-20-24-10-7-14-37(24)3/h5-6,8-9,11-12,23-24H,2,4,7,10,13-20H2,1,3H3/t23-,24-/m0/s1. The first-order valence-corrected chi connectivity index (χ1v) is 15.3. The van der Waals surface area contributed by atoms with E-state index in [0.717, 1.165) is 70.9 Å². The molecular formula is C32H38ClFN6O2. The molecule has 6 rings (SSSR count). The minimum Gasteiger partial charge on any atom is -0.462 e. The molecule has 10 heteroatoms. The molecule has 2 atom stereocenters. The minimum atomic E-state index is -0.914. The van der Waals surface area contributed by atoms with Gasteiger partial charge in [0, 0.05) is 54.9 Å². The van der Waals surface area contributed by atoms with Crippen molar-refractivity contribution in [2.75, 3.05) is 56.2 Å². The van der Waals surface area contributed by atoms with Gasteiger partial charge in [-0.1, -0.05) is 49.4 Å². The minimum absolute atomic E-state index is 0.140. The number of rotatable bonds is 7. The summed E-state index contributed by atoms with van der Waals surface area (Å²) >= 11 is 6.69. The molecule has 0 bridgehead atoms. The van der Waals surface area contributed by atoms with Crippen molar-refractivity contribution < 1.29 is 13.9 Å². The molecule has 4 heterocycles. The van der Waals surface area contributed by atoms with Gasteiger partial charge in [0.2, 0.25) is 0 Å². The van der Waals surface area contributed by atoms with Crippen LogP contribution < -0.4 is 14.5 Å². The first-order chi connectivity index (χ1) is 20.3. The maximum atomic E-state index is 13.8. The van der Waals surface area contributed by atoms with Crippen LogP contribution in [0.15, 0.2) is 48.8 Å². The van der Waals surface area contributed by atoms with Crippen LogP contribution in [0.25, 0.3) is 10.8 Å². The van der Waals surface area contributed by atoms with Crippen molar-refractivity contribution in [3.8, 4) is 6.01 Å². The van der Waals surface area contributed by atoms with Gasteiger partial charge in [0.1, 0.15) is 12.4 Å². The molecule has 0 spiro atoms. The van der Waals surface area contributed by atoms with Crippen LogP contribution in [0.1, 0.15) is 37.4 Å². The Labute approximate surface area is 251 Å². The fourth-order valence-electron chi connectivity index (χ4n) is 6.64. The van der Waals surface area contributed by atoms with Crippen molar-refractivity contribution in [3.63, 3.8) is 0 Å². The van der Waals surface area contributed by atoms with Crippen LogP contribution in [0.3, 0.4) is 0 Å². The number of anilines is 2. The van der Waals surface area contributed by atoms with Crippen LogP contribution in [-0.4, -0.2) is 84.1 Å². The Balaban J connectivity index is 1.33. The van der Waals surface area contributed by atoms with Crippen LogP contribution in [0.4, 0.5) is 15.9 Å². The van der Waals surface area contributed by atoms with Crippen LogP contribution in [-0.2, 0) is 17.8 Å².